The highest BCUT2D eigenvalue weighted by molar-refractivity contribution is 7.15. The second kappa shape index (κ2) is 8.35. The fraction of sp³-hybridized carbons (Fsp3) is 0.158. The minimum atomic E-state index is -0.890. The minimum Gasteiger partial charge on any atom is -0.481 e. The van der Waals surface area contributed by atoms with Crippen LogP contribution in [0, 0.1) is 0 Å². The third-order valence-electron chi connectivity index (χ3n) is 3.78. The van der Waals surface area contributed by atoms with E-state index in [4.69, 9.17) is 5.11 Å². The average molecular weight is 367 g/mol. The van der Waals surface area contributed by atoms with Gasteiger partial charge in [0.2, 0.25) is 11.0 Å². The molecule has 0 bridgehead atoms. The predicted molar refractivity (Wildman–Crippen MR) is 99.2 cm³/mol. The second-order valence-electron chi connectivity index (χ2n) is 5.64. The molecule has 0 saturated carbocycles. The molecule has 3 rings (SSSR count). The molecule has 6 nitrogen and oxygen atoms in total. The molecule has 0 aliphatic carbocycles. The predicted octanol–water partition coefficient (Wildman–Crippen LogP) is 3.33. The van der Waals surface area contributed by atoms with Crippen molar-refractivity contribution < 1.29 is 14.7 Å². The van der Waals surface area contributed by atoms with Gasteiger partial charge in [0.05, 0.1) is 12.3 Å². The van der Waals surface area contributed by atoms with Crippen LogP contribution >= 0.6 is 11.3 Å². The molecule has 1 heterocycles. The van der Waals surface area contributed by atoms with E-state index in [0.717, 1.165) is 11.1 Å². The van der Waals surface area contributed by atoms with Gasteiger partial charge in [-0.3, -0.25) is 14.9 Å². The van der Waals surface area contributed by atoms with Crippen molar-refractivity contribution in [2.45, 2.75) is 18.8 Å². The van der Waals surface area contributed by atoms with Gasteiger partial charge in [-0.05, 0) is 11.1 Å². The zero-order valence-electron chi connectivity index (χ0n) is 13.8. The Balaban J connectivity index is 1.79. The van der Waals surface area contributed by atoms with Crippen LogP contribution in [0.1, 0.15) is 28.5 Å². The Hall–Kier alpha value is -3.06. The van der Waals surface area contributed by atoms with Crippen molar-refractivity contribution in [1.29, 1.82) is 0 Å². The van der Waals surface area contributed by atoms with E-state index in [-0.39, 0.29) is 12.3 Å². The van der Waals surface area contributed by atoms with Crippen LogP contribution in [-0.4, -0.2) is 27.2 Å². The zero-order chi connectivity index (χ0) is 18.4. The van der Waals surface area contributed by atoms with Crippen molar-refractivity contribution >= 4 is 28.3 Å². The molecule has 1 aromatic heterocycles. The van der Waals surface area contributed by atoms with Crippen molar-refractivity contribution in [1.82, 2.24) is 10.2 Å². The number of carbonyl (C=O) groups is 2. The molecule has 0 saturated heterocycles. The lowest BCUT2D eigenvalue weighted by atomic mass is 9.90. The Morgan fingerprint density at radius 1 is 0.962 bits per heavy atom. The van der Waals surface area contributed by atoms with Crippen molar-refractivity contribution in [2.24, 2.45) is 0 Å². The molecule has 0 aliphatic rings. The summed E-state index contributed by atoms with van der Waals surface area (Å²) in [5, 5.41) is 20.4. The van der Waals surface area contributed by atoms with Gasteiger partial charge in [-0.25, -0.2) is 0 Å². The van der Waals surface area contributed by atoms with Crippen LogP contribution in [0.2, 0.25) is 0 Å². The molecule has 0 unspecified atom stereocenters. The second-order valence-corrected chi connectivity index (χ2v) is 6.70. The van der Waals surface area contributed by atoms with Crippen LogP contribution in [0.3, 0.4) is 0 Å². The van der Waals surface area contributed by atoms with Gasteiger partial charge in [-0.1, -0.05) is 72.0 Å². The molecule has 2 N–H and O–H groups in total. The van der Waals surface area contributed by atoms with Crippen molar-refractivity contribution in [2.75, 3.05) is 5.32 Å². The van der Waals surface area contributed by atoms with E-state index in [9.17, 15) is 9.59 Å². The fourth-order valence-corrected chi connectivity index (χ4v) is 3.32. The van der Waals surface area contributed by atoms with E-state index < -0.39 is 11.9 Å². The maximum atomic E-state index is 12.9. The monoisotopic (exact) mass is 367 g/mol. The van der Waals surface area contributed by atoms with Gasteiger partial charge in [0.25, 0.3) is 0 Å². The molecule has 1 amide bonds. The van der Waals surface area contributed by atoms with Crippen LogP contribution in [-0.2, 0) is 16.0 Å². The lowest BCUT2D eigenvalue weighted by Gasteiger charge is -2.16. The molecule has 132 valence electrons. The van der Waals surface area contributed by atoms with Gasteiger partial charge in [-0.2, -0.15) is 0 Å². The number of carboxylic acid groups (broad SMARTS) is 1. The molecule has 7 heteroatoms. The Labute approximate surface area is 154 Å². The van der Waals surface area contributed by atoms with Crippen molar-refractivity contribution in [3.8, 4) is 0 Å². The SMILES string of the molecule is O=C(O)CCc1nnc(NC(=O)C(c2ccccc2)c2ccccc2)s1. The summed E-state index contributed by atoms with van der Waals surface area (Å²) < 4.78 is 0. The van der Waals surface area contributed by atoms with Gasteiger partial charge in [0, 0.05) is 6.42 Å². The summed E-state index contributed by atoms with van der Waals surface area (Å²) in [6.45, 7) is 0. The van der Waals surface area contributed by atoms with Crippen LogP contribution in [0.5, 0.6) is 0 Å². The first kappa shape index (κ1) is 17.8. The summed E-state index contributed by atoms with van der Waals surface area (Å²) in [5.41, 5.74) is 1.76. The minimum absolute atomic E-state index is 0.0146. The molecular weight excluding hydrogens is 350 g/mol. The molecular formula is C19H17N3O3S. The highest BCUT2D eigenvalue weighted by Crippen LogP contribution is 2.27. The maximum Gasteiger partial charge on any atom is 0.303 e. The molecule has 0 spiro atoms. The number of anilines is 1. The van der Waals surface area contributed by atoms with E-state index in [1.54, 1.807) is 0 Å². The highest BCUT2D eigenvalue weighted by Gasteiger charge is 2.23. The summed E-state index contributed by atoms with van der Waals surface area (Å²) in [7, 11) is 0. The number of hydrogen-bond acceptors (Lipinski definition) is 5. The smallest absolute Gasteiger partial charge is 0.303 e. The highest BCUT2D eigenvalue weighted by atomic mass is 32.1. The number of aliphatic carboxylic acids is 1. The number of benzene rings is 2. The van der Waals surface area contributed by atoms with Crippen molar-refractivity contribution in [3.63, 3.8) is 0 Å². The van der Waals surface area contributed by atoms with Gasteiger partial charge in [-0.15, -0.1) is 10.2 Å². The van der Waals surface area contributed by atoms with Crippen LogP contribution in [0.15, 0.2) is 60.7 Å². The first-order valence-corrected chi connectivity index (χ1v) is 8.90. The summed E-state index contributed by atoms with van der Waals surface area (Å²) >= 11 is 1.19. The molecule has 0 aliphatic heterocycles. The first-order valence-electron chi connectivity index (χ1n) is 8.08. The van der Waals surface area contributed by atoms with Crippen LogP contribution in [0.25, 0.3) is 0 Å². The number of hydrogen-bond donors (Lipinski definition) is 2. The third-order valence-corrected chi connectivity index (χ3v) is 4.68. The van der Waals surface area contributed by atoms with E-state index in [1.165, 1.54) is 11.3 Å². The Bertz CT molecular complexity index is 842. The lowest BCUT2D eigenvalue weighted by molar-refractivity contribution is -0.137. The average Bonchev–Trinajstić information content (AvgIpc) is 3.09. The Morgan fingerprint density at radius 2 is 1.54 bits per heavy atom. The van der Waals surface area contributed by atoms with E-state index in [2.05, 4.69) is 15.5 Å². The number of nitrogens with one attached hydrogen (secondary N) is 1. The number of aromatic nitrogens is 2. The largest absolute Gasteiger partial charge is 0.481 e. The Morgan fingerprint density at radius 3 is 2.08 bits per heavy atom. The summed E-state index contributed by atoms with van der Waals surface area (Å²) in [4.78, 5) is 23.6. The number of carbonyl (C=O) groups excluding carboxylic acids is 1. The van der Waals surface area contributed by atoms with Gasteiger partial charge < -0.3 is 5.11 Å². The first-order chi connectivity index (χ1) is 12.6. The summed E-state index contributed by atoms with van der Waals surface area (Å²) in [6, 6.07) is 19.0. The summed E-state index contributed by atoms with van der Waals surface area (Å²) in [5.74, 6) is -1.56. The maximum absolute atomic E-state index is 12.9. The standard InChI is InChI=1S/C19H17N3O3S/c23-16(24)12-11-15-21-22-19(26-15)20-18(25)17(13-7-3-1-4-8-13)14-9-5-2-6-10-14/h1-10,17H,11-12H2,(H,23,24)(H,20,22,25). The topological polar surface area (TPSA) is 92.2 Å². The van der Waals surface area contributed by atoms with E-state index in [0.29, 0.717) is 16.6 Å². The van der Waals surface area contributed by atoms with Gasteiger partial charge in [0.1, 0.15) is 5.01 Å². The number of rotatable bonds is 7. The number of carboxylic acids is 1. The van der Waals surface area contributed by atoms with E-state index in [1.807, 2.05) is 60.7 Å². The lowest BCUT2D eigenvalue weighted by Crippen LogP contribution is -2.22. The third kappa shape index (κ3) is 4.52. The number of nitrogens with zero attached hydrogens (tertiary/aromatic N) is 2. The molecule has 0 fully saturated rings. The molecule has 3 aromatic rings. The normalized spacial score (nSPS) is 10.7. The molecule has 26 heavy (non-hydrogen) atoms. The fourth-order valence-electron chi connectivity index (χ4n) is 2.58. The summed E-state index contributed by atoms with van der Waals surface area (Å²) in [6.07, 6.45) is 0.281. The quantitative estimate of drug-likeness (QED) is 0.668. The molecule has 0 atom stereocenters. The van der Waals surface area contributed by atoms with E-state index >= 15 is 0 Å². The van der Waals surface area contributed by atoms with Gasteiger partial charge in [0.15, 0.2) is 0 Å². The zero-order valence-corrected chi connectivity index (χ0v) is 14.6. The van der Waals surface area contributed by atoms with Gasteiger partial charge >= 0.3 is 5.97 Å². The Kier molecular flexibility index (Phi) is 5.70. The van der Waals surface area contributed by atoms with Crippen LogP contribution < -0.4 is 5.32 Å². The molecule has 2 aromatic carbocycles. The number of amides is 1. The molecule has 0 radical (unpaired) electrons. The van der Waals surface area contributed by atoms with Crippen molar-refractivity contribution in [3.05, 3.63) is 76.8 Å². The number of aryl methyl sites for hydroxylation is 1. The van der Waals surface area contributed by atoms with Crippen LogP contribution in [0.4, 0.5) is 5.13 Å².